The molecule has 0 spiro atoms. The summed E-state index contributed by atoms with van der Waals surface area (Å²) in [5, 5.41) is 4.48. The quantitative estimate of drug-likeness (QED) is 0.499. The maximum Gasteiger partial charge on any atom is 0.229 e. The van der Waals surface area contributed by atoms with Crippen LogP contribution in [-0.4, -0.2) is 39.4 Å². The van der Waals surface area contributed by atoms with Crippen LogP contribution in [0.5, 0.6) is 5.75 Å². The topological polar surface area (TPSA) is 80.3 Å². The molecule has 6 nitrogen and oxygen atoms in total. The number of hydrogen-bond donors (Lipinski definition) is 2. The van der Waals surface area contributed by atoms with Gasteiger partial charge in [-0.3, -0.25) is 9.71 Å². The zero-order chi connectivity index (χ0) is 23.4. The monoisotopic (exact) mass is 467 g/mol. The number of benzene rings is 2. The molecule has 0 saturated carbocycles. The van der Waals surface area contributed by atoms with Crippen LogP contribution >= 0.6 is 0 Å². The Morgan fingerprint density at radius 1 is 1.12 bits per heavy atom. The molecule has 0 amide bonds. The van der Waals surface area contributed by atoms with Crippen LogP contribution in [0.1, 0.15) is 42.0 Å². The highest BCUT2D eigenvalue weighted by Gasteiger charge is 2.26. The third-order valence-corrected chi connectivity index (χ3v) is 7.06. The average Bonchev–Trinajstić information content (AvgIpc) is 2.78. The second kappa shape index (κ2) is 10.1. The molecule has 1 aliphatic heterocycles. The summed E-state index contributed by atoms with van der Waals surface area (Å²) < 4.78 is 32.5. The van der Waals surface area contributed by atoms with Gasteiger partial charge in [-0.25, -0.2) is 8.42 Å². The van der Waals surface area contributed by atoms with Crippen molar-refractivity contribution in [3.05, 3.63) is 65.4 Å². The lowest BCUT2D eigenvalue weighted by atomic mass is 9.77. The number of ether oxygens (including phenoxy) is 1. The predicted molar refractivity (Wildman–Crippen MR) is 135 cm³/mol. The van der Waals surface area contributed by atoms with E-state index in [1.165, 1.54) is 17.4 Å². The fourth-order valence-electron chi connectivity index (χ4n) is 4.86. The van der Waals surface area contributed by atoms with Crippen LogP contribution in [0.25, 0.3) is 10.9 Å². The summed E-state index contributed by atoms with van der Waals surface area (Å²) in [4.78, 5) is 4.61. The molecular formula is C26H33N3O3S. The van der Waals surface area contributed by atoms with Gasteiger partial charge in [0.2, 0.25) is 10.0 Å². The normalized spacial score (nSPS) is 16.0. The molecule has 3 aromatic rings. The summed E-state index contributed by atoms with van der Waals surface area (Å²) >= 11 is 0. The minimum atomic E-state index is -3.32. The number of aryl methyl sites for hydroxylation is 2. The van der Waals surface area contributed by atoms with Crippen LogP contribution in [0.3, 0.4) is 0 Å². The van der Waals surface area contributed by atoms with Gasteiger partial charge in [-0.1, -0.05) is 12.1 Å². The summed E-state index contributed by atoms with van der Waals surface area (Å²) in [5.41, 5.74) is 4.94. The lowest BCUT2D eigenvalue weighted by Crippen LogP contribution is -2.31. The van der Waals surface area contributed by atoms with Crippen molar-refractivity contribution in [1.82, 2.24) is 10.3 Å². The van der Waals surface area contributed by atoms with Gasteiger partial charge in [0.05, 0.1) is 18.4 Å². The fraction of sp³-hybridized carbons (Fsp3) is 0.423. The molecule has 4 rings (SSSR count). The smallest absolute Gasteiger partial charge is 0.229 e. The third-order valence-electron chi connectivity index (χ3n) is 6.45. The number of aromatic nitrogens is 1. The van der Waals surface area contributed by atoms with Crippen LogP contribution < -0.4 is 14.8 Å². The van der Waals surface area contributed by atoms with Crippen LogP contribution in [0.2, 0.25) is 0 Å². The summed E-state index contributed by atoms with van der Waals surface area (Å²) in [6.07, 6.45) is 4.26. The van der Waals surface area contributed by atoms with E-state index in [9.17, 15) is 8.42 Å². The molecule has 1 atom stereocenters. The number of hydrogen-bond acceptors (Lipinski definition) is 5. The zero-order valence-electron chi connectivity index (χ0n) is 19.6. The van der Waals surface area contributed by atoms with Gasteiger partial charge in [0, 0.05) is 16.8 Å². The van der Waals surface area contributed by atoms with E-state index in [1.807, 2.05) is 49.4 Å². The van der Waals surface area contributed by atoms with E-state index >= 15 is 0 Å². The molecule has 7 heteroatoms. The van der Waals surface area contributed by atoms with Crippen molar-refractivity contribution in [3.8, 4) is 5.75 Å². The average molecular weight is 468 g/mol. The first-order valence-corrected chi connectivity index (χ1v) is 13.5. The number of anilines is 1. The molecule has 0 radical (unpaired) electrons. The van der Waals surface area contributed by atoms with E-state index in [0.717, 1.165) is 54.7 Å². The first kappa shape index (κ1) is 23.5. The van der Waals surface area contributed by atoms with Gasteiger partial charge in [-0.2, -0.15) is 0 Å². The van der Waals surface area contributed by atoms with Crippen molar-refractivity contribution in [2.24, 2.45) is 5.92 Å². The highest BCUT2D eigenvalue weighted by atomic mass is 32.2. The van der Waals surface area contributed by atoms with E-state index < -0.39 is 10.0 Å². The van der Waals surface area contributed by atoms with Crippen molar-refractivity contribution in [2.75, 3.05) is 30.7 Å². The summed E-state index contributed by atoms with van der Waals surface area (Å²) in [6.45, 7) is 6.71. The van der Waals surface area contributed by atoms with Crippen molar-refractivity contribution in [1.29, 1.82) is 0 Å². The summed E-state index contributed by atoms with van der Waals surface area (Å²) in [7, 11) is -3.32. The van der Waals surface area contributed by atoms with Gasteiger partial charge in [0.25, 0.3) is 0 Å². The van der Waals surface area contributed by atoms with Crippen LogP contribution in [0, 0.1) is 19.8 Å². The fourth-order valence-corrected chi connectivity index (χ4v) is 5.41. The van der Waals surface area contributed by atoms with Crippen molar-refractivity contribution in [3.63, 3.8) is 0 Å². The summed E-state index contributed by atoms with van der Waals surface area (Å²) in [6, 6.07) is 15.9. The SMILES string of the molecule is Cc1ccc2c(OCCC(c3cc(NS(C)(=O)=O)ccc3C)C3CCNCC3)cccc2n1. The molecule has 2 aromatic carbocycles. The maximum atomic E-state index is 11.8. The Labute approximate surface area is 196 Å². The predicted octanol–water partition coefficient (Wildman–Crippen LogP) is 4.78. The van der Waals surface area contributed by atoms with Crippen LogP contribution in [-0.2, 0) is 10.0 Å². The van der Waals surface area contributed by atoms with Gasteiger partial charge in [-0.15, -0.1) is 0 Å². The second-order valence-corrected chi connectivity index (χ2v) is 10.8. The lowest BCUT2D eigenvalue weighted by molar-refractivity contribution is 0.249. The van der Waals surface area contributed by atoms with Gasteiger partial charge in [-0.05, 0) is 106 Å². The van der Waals surface area contributed by atoms with Crippen LogP contribution in [0.4, 0.5) is 5.69 Å². The number of rotatable bonds is 8. The molecule has 0 aliphatic carbocycles. The Balaban J connectivity index is 1.57. The van der Waals surface area contributed by atoms with Crippen molar-refractivity contribution in [2.45, 2.75) is 39.0 Å². The standard InChI is InChI=1S/C26H33N3O3S/c1-18-7-9-21(29-33(3,30)31)17-24(18)22(20-11-14-27-15-12-20)13-16-32-26-6-4-5-25-23(26)10-8-19(2)28-25/h4-10,17,20,22,27,29H,11-16H2,1-3H3. The largest absolute Gasteiger partial charge is 0.493 e. The zero-order valence-corrected chi connectivity index (χ0v) is 20.4. The highest BCUT2D eigenvalue weighted by molar-refractivity contribution is 7.92. The molecule has 2 N–H and O–H groups in total. The first-order valence-electron chi connectivity index (χ1n) is 11.6. The Morgan fingerprint density at radius 3 is 2.67 bits per heavy atom. The third kappa shape index (κ3) is 6.03. The summed E-state index contributed by atoms with van der Waals surface area (Å²) in [5.74, 6) is 1.68. The number of nitrogens with zero attached hydrogens (tertiary/aromatic N) is 1. The van der Waals surface area contributed by atoms with Gasteiger partial charge >= 0.3 is 0 Å². The van der Waals surface area contributed by atoms with Crippen LogP contribution in [0.15, 0.2) is 48.5 Å². The molecule has 1 saturated heterocycles. The molecule has 0 bridgehead atoms. The van der Waals surface area contributed by atoms with Gasteiger partial charge in [0.1, 0.15) is 5.75 Å². The molecule has 1 fully saturated rings. The molecule has 33 heavy (non-hydrogen) atoms. The van der Waals surface area contributed by atoms with Gasteiger partial charge in [0.15, 0.2) is 0 Å². The number of pyridine rings is 1. The van der Waals surface area contributed by atoms with E-state index in [4.69, 9.17) is 4.74 Å². The minimum absolute atomic E-state index is 0.295. The van der Waals surface area contributed by atoms with E-state index in [2.05, 4.69) is 28.0 Å². The molecule has 2 heterocycles. The molecule has 1 aliphatic rings. The number of nitrogens with one attached hydrogen (secondary N) is 2. The maximum absolute atomic E-state index is 11.8. The van der Waals surface area contributed by atoms with Crippen molar-refractivity contribution >= 4 is 26.6 Å². The van der Waals surface area contributed by atoms with E-state index in [0.29, 0.717) is 24.1 Å². The van der Waals surface area contributed by atoms with E-state index in [1.54, 1.807) is 0 Å². The second-order valence-electron chi connectivity index (χ2n) is 9.05. The highest BCUT2D eigenvalue weighted by Crippen LogP contribution is 2.37. The molecule has 176 valence electrons. The molecular weight excluding hydrogens is 434 g/mol. The van der Waals surface area contributed by atoms with Crippen molar-refractivity contribution < 1.29 is 13.2 Å². The lowest BCUT2D eigenvalue weighted by Gasteiger charge is -2.32. The molecule has 1 aromatic heterocycles. The Morgan fingerprint density at radius 2 is 1.91 bits per heavy atom. The molecule has 1 unspecified atom stereocenters. The Hall–Kier alpha value is -2.64. The number of sulfonamides is 1. The number of piperidine rings is 1. The number of fused-ring (bicyclic) bond motifs is 1. The Bertz CT molecular complexity index is 1220. The Kier molecular flexibility index (Phi) is 7.20. The minimum Gasteiger partial charge on any atom is -0.493 e. The van der Waals surface area contributed by atoms with Gasteiger partial charge < -0.3 is 10.1 Å². The first-order chi connectivity index (χ1) is 15.8. The van der Waals surface area contributed by atoms with E-state index in [-0.39, 0.29) is 0 Å².